The summed E-state index contributed by atoms with van der Waals surface area (Å²) in [5.41, 5.74) is 7.42. The van der Waals surface area contributed by atoms with Gasteiger partial charge in [-0.05, 0) is 54.8 Å². The van der Waals surface area contributed by atoms with Crippen molar-refractivity contribution in [1.82, 2.24) is 10.2 Å². The summed E-state index contributed by atoms with van der Waals surface area (Å²) >= 11 is 0. The van der Waals surface area contributed by atoms with E-state index in [1.165, 1.54) is 24.3 Å². The first-order valence-corrected chi connectivity index (χ1v) is 9.78. The Balaban J connectivity index is 1.76. The fraction of sp³-hybridized carbons (Fsp3) is 0.409. The van der Waals surface area contributed by atoms with Gasteiger partial charge in [-0.15, -0.1) is 0 Å². The first-order chi connectivity index (χ1) is 13.6. The fourth-order valence-electron chi connectivity index (χ4n) is 3.83. The normalized spacial score (nSPS) is 17.6. The minimum Gasteiger partial charge on any atom is -0.355 e. The lowest BCUT2D eigenvalue weighted by Gasteiger charge is -2.34. The number of carbonyl (C=O) groups is 1. The average Bonchev–Trinajstić information content (AvgIpc) is 2.72. The predicted octanol–water partition coefficient (Wildman–Crippen LogP) is 2.88. The Morgan fingerprint density at radius 1 is 1.07 bits per heavy atom. The molecule has 0 saturated carbocycles. The third-order valence-corrected chi connectivity index (χ3v) is 5.31. The van der Waals surface area contributed by atoms with Gasteiger partial charge in [0.15, 0.2) is 0 Å². The van der Waals surface area contributed by atoms with Crippen molar-refractivity contribution >= 4 is 5.91 Å². The largest absolute Gasteiger partial charge is 0.355 e. The van der Waals surface area contributed by atoms with Crippen LogP contribution in [0.15, 0.2) is 48.5 Å². The van der Waals surface area contributed by atoms with Crippen molar-refractivity contribution < 1.29 is 13.6 Å². The molecule has 4 nitrogen and oxygen atoms in total. The molecule has 1 heterocycles. The number of nitrogens with zero attached hydrogens (tertiary/aromatic N) is 1. The standard InChI is InChI=1S/C22H27F2N3O/c23-19-7-3-16(4-8-19)21(17-5-9-20(24)10-6-17)15-27-13-1-2-18(14-27)22(28)26-12-11-25/h3-10,18,21H,1-2,11-15,25H2,(H,26,28). The van der Waals surface area contributed by atoms with Gasteiger partial charge in [-0.3, -0.25) is 4.79 Å². The van der Waals surface area contributed by atoms with Gasteiger partial charge in [0.2, 0.25) is 5.91 Å². The van der Waals surface area contributed by atoms with Gasteiger partial charge in [0, 0.05) is 32.1 Å². The molecule has 1 amide bonds. The molecule has 6 heteroatoms. The highest BCUT2D eigenvalue weighted by Crippen LogP contribution is 2.28. The van der Waals surface area contributed by atoms with Gasteiger partial charge in [-0.1, -0.05) is 24.3 Å². The summed E-state index contributed by atoms with van der Waals surface area (Å²) in [5.74, 6) is -0.586. The van der Waals surface area contributed by atoms with Crippen LogP contribution >= 0.6 is 0 Å². The van der Waals surface area contributed by atoms with Crippen LogP contribution < -0.4 is 11.1 Å². The number of nitrogens with one attached hydrogen (secondary N) is 1. The molecule has 1 atom stereocenters. The Morgan fingerprint density at radius 3 is 2.18 bits per heavy atom. The quantitative estimate of drug-likeness (QED) is 0.768. The van der Waals surface area contributed by atoms with Crippen molar-refractivity contribution in [3.8, 4) is 0 Å². The fourth-order valence-corrected chi connectivity index (χ4v) is 3.83. The molecular formula is C22H27F2N3O. The lowest BCUT2D eigenvalue weighted by molar-refractivity contribution is -0.126. The van der Waals surface area contributed by atoms with Crippen LogP contribution in [0.25, 0.3) is 0 Å². The van der Waals surface area contributed by atoms with Gasteiger partial charge < -0.3 is 16.0 Å². The number of piperidine rings is 1. The number of amides is 1. The highest BCUT2D eigenvalue weighted by atomic mass is 19.1. The number of halogens is 2. The van der Waals surface area contributed by atoms with Gasteiger partial charge in [0.05, 0.1) is 5.92 Å². The Kier molecular flexibility index (Phi) is 7.12. The molecule has 0 radical (unpaired) electrons. The van der Waals surface area contributed by atoms with E-state index in [0.717, 1.165) is 30.5 Å². The maximum absolute atomic E-state index is 13.4. The average molecular weight is 387 g/mol. The van der Waals surface area contributed by atoms with Gasteiger partial charge in [0.1, 0.15) is 11.6 Å². The number of benzene rings is 2. The lowest BCUT2D eigenvalue weighted by atomic mass is 9.89. The summed E-state index contributed by atoms with van der Waals surface area (Å²) in [4.78, 5) is 14.6. The van der Waals surface area contributed by atoms with Gasteiger partial charge >= 0.3 is 0 Å². The second-order valence-electron chi connectivity index (χ2n) is 7.33. The van der Waals surface area contributed by atoms with Crippen LogP contribution in [-0.4, -0.2) is 43.5 Å². The minimum atomic E-state index is -0.281. The Morgan fingerprint density at radius 2 is 1.64 bits per heavy atom. The third kappa shape index (κ3) is 5.36. The zero-order valence-electron chi connectivity index (χ0n) is 15.9. The SMILES string of the molecule is NCCNC(=O)C1CCCN(CC(c2ccc(F)cc2)c2ccc(F)cc2)C1. The van der Waals surface area contributed by atoms with E-state index in [1.54, 1.807) is 24.3 Å². The number of hydrogen-bond acceptors (Lipinski definition) is 3. The van der Waals surface area contributed by atoms with Crippen LogP contribution in [0.3, 0.4) is 0 Å². The molecule has 1 unspecified atom stereocenters. The summed E-state index contributed by atoms with van der Waals surface area (Å²) in [6.07, 6.45) is 1.81. The van der Waals surface area contributed by atoms with E-state index >= 15 is 0 Å². The molecular weight excluding hydrogens is 360 g/mol. The van der Waals surface area contributed by atoms with Gasteiger partial charge in [-0.25, -0.2) is 8.78 Å². The van der Waals surface area contributed by atoms with E-state index in [4.69, 9.17) is 5.73 Å². The number of carbonyl (C=O) groups excluding carboxylic acids is 1. The molecule has 1 saturated heterocycles. The molecule has 1 fully saturated rings. The topological polar surface area (TPSA) is 58.4 Å². The zero-order valence-corrected chi connectivity index (χ0v) is 15.9. The second kappa shape index (κ2) is 9.75. The maximum atomic E-state index is 13.4. The Labute approximate surface area is 164 Å². The van der Waals surface area contributed by atoms with E-state index in [0.29, 0.717) is 26.2 Å². The molecule has 2 aromatic carbocycles. The highest BCUT2D eigenvalue weighted by Gasteiger charge is 2.28. The van der Waals surface area contributed by atoms with Crippen molar-refractivity contribution in [2.75, 3.05) is 32.7 Å². The van der Waals surface area contributed by atoms with Crippen molar-refractivity contribution in [2.45, 2.75) is 18.8 Å². The first kappa shape index (κ1) is 20.4. The van der Waals surface area contributed by atoms with Crippen LogP contribution in [0.1, 0.15) is 29.9 Å². The molecule has 0 aromatic heterocycles. The van der Waals surface area contributed by atoms with Gasteiger partial charge in [-0.2, -0.15) is 0 Å². The number of hydrogen-bond donors (Lipinski definition) is 2. The number of likely N-dealkylation sites (tertiary alicyclic amines) is 1. The summed E-state index contributed by atoms with van der Waals surface area (Å²) in [6, 6.07) is 12.9. The van der Waals surface area contributed by atoms with Gasteiger partial charge in [0.25, 0.3) is 0 Å². The van der Waals surface area contributed by atoms with Crippen LogP contribution in [-0.2, 0) is 4.79 Å². The highest BCUT2D eigenvalue weighted by molar-refractivity contribution is 5.78. The van der Waals surface area contributed by atoms with Crippen LogP contribution in [0.4, 0.5) is 8.78 Å². The summed E-state index contributed by atoms with van der Waals surface area (Å²) < 4.78 is 26.8. The zero-order chi connectivity index (χ0) is 19.9. The lowest BCUT2D eigenvalue weighted by Crippen LogP contribution is -2.45. The van der Waals surface area contributed by atoms with Crippen molar-refractivity contribution in [3.05, 3.63) is 71.3 Å². The summed E-state index contributed by atoms with van der Waals surface area (Å²) in [6.45, 7) is 3.19. The van der Waals surface area contributed by atoms with E-state index < -0.39 is 0 Å². The molecule has 28 heavy (non-hydrogen) atoms. The number of nitrogens with two attached hydrogens (primary N) is 1. The molecule has 2 aromatic rings. The molecule has 0 bridgehead atoms. The Hall–Kier alpha value is -2.31. The second-order valence-corrected chi connectivity index (χ2v) is 7.33. The van der Waals surface area contributed by atoms with E-state index in [-0.39, 0.29) is 29.4 Å². The molecule has 1 aliphatic rings. The maximum Gasteiger partial charge on any atom is 0.224 e. The monoisotopic (exact) mass is 387 g/mol. The molecule has 1 aliphatic heterocycles. The van der Waals surface area contributed by atoms with E-state index in [1.807, 2.05) is 0 Å². The van der Waals surface area contributed by atoms with Crippen molar-refractivity contribution in [2.24, 2.45) is 11.7 Å². The predicted molar refractivity (Wildman–Crippen MR) is 106 cm³/mol. The molecule has 3 rings (SSSR count). The van der Waals surface area contributed by atoms with Crippen LogP contribution in [0.2, 0.25) is 0 Å². The minimum absolute atomic E-state index is 0.0212. The van der Waals surface area contributed by atoms with E-state index in [9.17, 15) is 13.6 Å². The summed E-state index contributed by atoms with van der Waals surface area (Å²) in [7, 11) is 0. The van der Waals surface area contributed by atoms with Crippen LogP contribution in [0.5, 0.6) is 0 Å². The van der Waals surface area contributed by atoms with E-state index in [2.05, 4.69) is 10.2 Å². The molecule has 0 aliphatic carbocycles. The Bertz CT molecular complexity index is 719. The first-order valence-electron chi connectivity index (χ1n) is 9.78. The molecule has 0 spiro atoms. The molecule has 150 valence electrons. The van der Waals surface area contributed by atoms with Crippen molar-refractivity contribution in [1.29, 1.82) is 0 Å². The third-order valence-electron chi connectivity index (χ3n) is 5.31. The summed E-state index contributed by atoms with van der Waals surface area (Å²) in [5, 5.41) is 2.88. The smallest absolute Gasteiger partial charge is 0.224 e. The van der Waals surface area contributed by atoms with Crippen molar-refractivity contribution in [3.63, 3.8) is 0 Å². The van der Waals surface area contributed by atoms with Crippen LogP contribution in [0, 0.1) is 17.6 Å². The number of rotatable bonds is 7. The molecule has 3 N–H and O–H groups in total.